The van der Waals surface area contributed by atoms with E-state index < -0.39 is 0 Å². The standard InChI is InChI=1S/C13H24N2O2/c1-13(2)7-11(16)9-15(13)12(17)6-10-4-5-14(3)8-10/h10-11,16H,4-9H2,1-3H3. The first kappa shape index (κ1) is 12.8. The number of aliphatic hydroxyl groups is 1. The quantitative estimate of drug-likeness (QED) is 0.773. The zero-order valence-corrected chi connectivity index (χ0v) is 11.1. The number of nitrogens with zero attached hydrogens (tertiary/aromatic N) is 2. The van der Waals surface area contributed by atoms with E-state index in [0.29, 0.717) is 25.3 Å². The van der Waals surface area contributed by atoms with Crippen LogP contribution in [0.5, 0.6) is 0 Å². The van der Waals surface area contributed by atoms with Crippen molar-refractivity contribution in [2.24, 2.45) is 5.92 Å². The predicted octanol–water partition coefficient (Wildman–Crippen LogP) is 0.700. The summed E-state index contributed by atoms with van der Waals surface area (Å²) < 4.78 is 0. The average Bonchev–Trinajstić information content (AvgIpc) is 2.69. The van der Waals surface area contributed by atoms with E-state index in [-0.39, 0.29) is 17.6 Å². The van der Waals surface area contributed by atoms with Gasteiger partial charge in [0.1, 0.15) is 0 Å². The Morgan fingerprint density at radius 1 is 1.41 bits per heavy atom. The van der Waals surface area contributed by atoms with Crippen molar-refractivity contribution in [1.29, 1.82) is 0 Å². The number of carbonyl (C=O) groups is 1. The molecule has 2 atom stereocenters. The van der Waals surface area contributed by atoms with Gasteiger partial charge in [-0.05, 0) is 46.2 Å². The molecular formula is C13H24N2O2. The lowest BCUT2D eigenvalue weighted by Crippen LogP contribution is -2.43. The van der Waals surface area contributed by atoms with E-state index in [2.05, 4.69) is 11.9 Å². The Morgan fingerprint density at radius 2 is 2.12 bits per heavy atom. The Morgan fingerprint density at radius 3 is 2.59 bits per heavy atom. The number of β-amino-alcohol motifs (C(OH)–C–C–N with tert-alkyl or cyclic N) is 1. The van der Waals surface area contributed by atoms with Gasteiger partial charge in [0, 0.05) is 25.0 Å². The van der Waals surface area contributed by atoms with Crippen molar-refractivity contribution in [3.05, 3.63) is 0 Å². The molecule has 17 heavy (non-hydrogen) atoms. The van der Waals surface area contributed by atoms with Crippen molar-refractivity contribution in [2.75, 3.05) is 26.7 Å². The second-order valence-corrected chi connectivity index (χ2v) is 6.30. The predicted molar refractivity (Wildman–Crippen MR) is 66.6 cm³/mol. The third-order valence-electron chi connectivity index (χ3n) is 4.11. The molecule has 0 bridgehead atoms. The van der Waals surface area contributed by atoms with Gasteiger partial charge in [0.25, 0.3) is 0 Å². The molecule has 4 heteroatoms. The Labute approximate surface area is 104 Å². The van der Waals surface area contributed by atoms with Gasteiger partial charge in [-0.3, -0.25) is 4.79 Å². The molecule has 2 aliphatic heterocycles. The van der Waals surface area contributed by atoms with Crippen LogP contribution in [0.2, 0.25) is 0 Å². The number of hydrogen-bond donors (Lipinski definition) is 1. The maximum atomic E-state index is 12.3. The normalized spacial score (nSPS) is 33.3. The summed E-state index contributed by atoms with van der Waals surface area (Å²) in [5, 5.41) is 9.68. The summed E-state index contributed by atoms with van der Waals surface area (Å²) in [6, 6.07) is 0. The number of carbonyl (C=O) groups excluding carboxylic acids is 1. The molecule has 98 valence electrons. The molecule has 4 nitrogen and oxygen atoms in total. The lowest BCUT2D eigenvalue weighted by atomic mass is 9.99. The molecular weight excluding hydrogens is 216 g/mol. The Hall–Kier alpha value is -0.610. The van der Waals surface area contributed by atoms with Crippen LogP contribution in [-0.4, -0.2) is 59.1 Å². The highest BCUT2D eigenvalue weighted by Crippen LogP contribution is 2.30. The summed E-state index contributed by atoms with van der Waals surface area (Å²) in [5.74, 6) is 0.716. The molecule has 2 fully saturated rings. The first-order valence-corrected chi connectivity index (χ1v) is 6.55. The van der Waals surface area contributed by atoms with Gasteiger partial charge in [0.15, 0.2) is 0 Å². The second-order valence-electron chi connectivity index (χ2n) is 6.30. The van der Waals surface area contributed by atoms with E-state index in [1.54, 1.807) is 0 Å². The first-order valence-electron chi connectivity index (χ1n) is 6.55. The number of aliphatic hydroxyl groups excluding tert-OH is 1. The van der Waals surface area contributed by atoms with E-state index in [4.69, 9.17) is 0 Å². The van der Waals surface area contributed by atoms with Gasteiger partial charge in [-0.15, -0.1) is 0 Å². The smallest absolute Gasteiger partial charge is 0.223 e. The topological polar surface area (TPSA) is 43.8 Å². The van der Waals surface area contributed by atoms with E-state index in [1.807, 2.05) is 18.7 Å². The Bertz CT molecular complexity index is 304. The van der Waals surface area contributed by atoms with Crippen molar-refractivity contribution >= 4 is 5.91 Å². The van der Waals surface area contributed by atoms with Crippen LogP contribution in [0.3, 0.4) is 0 Å². The third-order valence-corrected chi connectivity index (χ3v) is 4.11. The summed E-state index contributed by atoms with van der Waals surface area (Å²) >= 11 is 0. The van der Waals surface area contributed by atoms with Gasteiger partial charge >= 0.3 is 0 Å². The van der Waals surface area contributed by atoms with Gasteiger partial charge in [0.2, 0.25) is 5.91 Å². The SMILES string of the molecule is CN1CCC(CC(=O)N2CC(O)CC2(C)C)C1. The van der Waals surface area contributed by atoms with Crippen molar-refractivity contribution in [2.45, 2.75) is 44.8 Å². The van der Waals surface area contributed by atoms with Crippen molar-refractivity contribution < 1.29 is 9.90 Å². The molecule has 0 aromatic rings. The first-order chi connectivity index (χ1) is 7.88. The minimum absolute atomic E-state index is 0.180. The fourth-order valence-electron chi connectivity index (χ4n) is 3.20. The molecule has 2 saturated heterocycles. The lowest BCUT2D eigenvalue weighted by molar-refractivity contribution is -0.135. The summed E-state index contributed by atoms with van der Waals surface area (Å²) in [5.41, 5.74) is -0.180. The van der Waals surface area contributed by atoms with E-state index in [1.165, 1.54) is 0 Å². The fourth-order valence-corrected chi connectivity index (χ4v) is 3.20. The van der Waals surface area contributed by atoms with Crippen molar-refractivity contribution in [1.82, 2.24) is 9.80 Å². The Balaban J connectivity index is 1.92. The molecule has 0 spiro atoms. The highest BCUT2D eigenvalue weighted by Gasteiger charge is 2.40. The molecule has 2 rings (SSSR count). The molecule has 2 unspecified atom stereocenters. The molecule has 1 amide bonds. The number of likely N-dealkylation sites (tertiary alicyclic amines) is 2. The number of hydrogen-bond acceptors (Lipinski definition) is 3. The number of rotatable bonds is 2. The van der Waals surface area contributed by atoms with E-state index in [9.17, 15) is 9.90 Å². The number of amides is 1. The molecule has 0 saturated carbocycles. The van der Waals surface area contributed by atoms with Crippen LogP contribution in [0.25, 0.3) is 0 Å². The molecule has 0 radical (unpaired) electrons. The minimum atomic E-state index is -0.347. The van der Waals surface area contributed by atoms with Crippen LogP contribution >= 0.6 is 0 Å². The van der Waals surface area contributed by atoms with E-state index >= 15 is 0 Å². The average molecular weight is 240 g/mol. The molecule has 2 aliphatic rings. The van der Waals surface area contributed by atoms with Crippen LogP contribution in [0.15, 0.2) is 0 Å². The van der Waals surface area contributed by atoms with E-state index in [0.717, 1.165) is 19.5 Å². The molecule has 2 heterocycles. The van der Waals surface area contributed by atoms with Crippen LogP contribution in [0, 0.1) is 5.92 Å². The minimum Gasteiger partial charge on any atom is -0.391 e. The van der Waals surface area contributed by atoms with Crippen LogP contribution in [0.1, 0.15) is 33.1 Å². The fraction of sp³-hybridized carbons (Fsp3) is 0.923. The van der Waals surface area contributed by atoms with Gasteiger partial charge in [-0.25, -0.2) is 0 Å². The monoisotopic (exact) mass is 240 g/mol. The van der Waals surface area contributed by atoms with Gasteiger partial charge < -0.3 is 14.9 Å². The third kappa shape index (κ3) is 2.80. The van der Waals surface area contributed by atoms with Gasteiger partial charge in [-0.1, -0.05) is 0 Å². The van der Waals surface area contributed by atoms with Crippen LogP contribution in [-0.2, 0) is 4.79 Å². The van der Waals surface area contributed by atoms with Gasteiger partial charge in [-0.2, -0.15) is 0 Å². The van der Waals surface area contributed by atoms with Crippen LogP contribution < -0.4 is 0 Å². The highest BCUT2D eigenvalue weighted by molar-refractivity contribution is 5.77. The van der Waals surface area contributed by atoms with Crippen LogP contribution in [0.4, 0.5) is 0 Å². The summed E-state index contributed by atoms with van der Waals surface area (Å²) in [4.78, 5) is 16.4. The maximum Gasteiger partial charge on any atom is 0.223 e. The largest absolute Gasteiger partial charge is 0.391 e. The summed E-state index contributed by atoms with van der Waals surface area (Å²) in [6.45, 7) is 6.73. The molecule has 1 N–H and O–H groups in total. The summed E-state index contributed by atoms with van der Waals surface area (Å²) in [7, 11) is 2.11. The van der Waals surface area contributed by atoms with Crippen molar-refractivity contribution in [3.8, 4) is 0 Å². The zero-order valence-electron chi connectivity index (χ0n) is 11.1. The zero-order chi connectivity index (χ0) is 12.6. The molecule has 0 aliphatic carbocycles. The lowest BCUT2D eigenvalue weighted by Gasteiger charge is -2.32. The maximum absolute atomic E-state index is 12.3. The Kier molecular flexibility index (Phi) is 3.46. The second kappa shape index (κ2) is 4.58. The summed E-state index contributed by atoms with van der Waals surface area (Å²) in [6.07, 6.45) is 2.11. The van der Waals surface area contributed by atoms with Crippen molar-refractivity contribution in [3.63, 3.8) is 0 Å². The molecule has 0 aromatic carbocycles. The van der Waals surface area contributed by atoms with Gasteiger partial charge in [0.05, 0.1) is 6.10 Å². The highest BCUT2D eigenvalue weighted by atomic mass is 16.3. The molecule has 0 aromatic heterocycles.